The van der Waals surface area contributed by atoms with Gasteiger partial charge in [-0.25, -0.2) is 0 Å². The first-order valence-electron chi connectivity index (χ1n) is 9.47. The molecule has 1 saturated carbocycles. The summed E-state index contributed by atoms with van der Waals surface area (Å²) in [5, 5.41) is 0. The molecule has 0 heterocycles. The SMILES string of the molecule is CCCCC#CC(OC(=O)C1CCC(C(=O)OC)CC1)c1ccccc1. The Morgan fingerprint density at radius 3 is 2.27 bits per heavy atom. The molecule has 0 aliphatic heterocycles. The Bertz CT molecular complexity index is 633. The van der Waals surface area contributed by atoms with Crippen LogP contribution in [0.25, 0.3) is 0 Å². The van der Waals surface area contributed by atoms with E-state index in [0.29, 0.717) is 25.7 Å². The number of hydrogen-bond donors (Lipinski definition) is 0. The standard InChI is InChI=1S/C22H28O4/c1-3-4-5-9-12-20(17-10-7-6-8-11-17)26-22(24)19-15-13-18(14-16-19)21(23)25-2/h6-8,10-11,18-20H,3-5,13-16H2,1-2H3. The van der Waals surface area contributed by atoms with Gasteiger partial charge in [0.1, 0.15) is 0 Å². The van der Waals surface area contributed by atoms with Crippen LogP contribution in [0.1, 0.15) is 63.5 Å². The summed E-state index contributed by atoms with van der Waals surface area (Å²) in [4.78, 5) is 24.2. The van der Waals surface area contributed by atoms with Crippen LogP contribution in [-0.2, 0) is 19.1 Å². The van der Waals surface area contributed by atoms with Gasteiger partial charge in [-0.15, -0.1) is 0 Å². The summed E-state index contributed by atoms with van der Waals surface area (Å²) in [5.41, 5.74) is 0.896. The molecule has 26 heavy (non-hydrogen) atoms. The molecule has 2 rings (SSSR count). The maximum absolute atomic E-state index is 12.6. The van der Waals surface area contributed by atoms with E-state index in [1.807, 2.05) is 30.3 Å². The van der Waals surface area contributed by atoms with Gasteiger partial charge in [0.15, 0.2) is 6.10 Å². The van der Waals surface area contributed by atoms with Crippen LogP contribution in [0.5, 0.6) is 0 Å². The Morgan fingerprint density at radius 2 is 1.69 bits per heavy atom. The van der Waals surface area contributed by atoms with E-state index in [2.05, 4.69) is 18.8 Å². The molecule has 0 spiro atoms. The normalized spacial score (nSPS) is 20.4. The zero-order valence-electron chi connectivity index (χ0n) is 15.7. The largest absolute Gasteiger partial charge is 0.469 e. The third kappa shape index (κ3) is 5.91. The van der Waals surface area contributed by atoms with Gasteiger partial charge in [0.2, 0.25) is 0 Å². The van der Waals surface area contributed by atoms with Gasteiger partial charge in [-0.05, 0) is 32.1 Å². The minimum absolute atomic E-state index is 0.0946. The van der Waals surface area contributed by atoms with E-state index in [1.54, 1.807) is 0 Å². The Morgan fingerprint density at radius 1 is 1.08 bits per heavy atom. The van der Waals surface area contributed by atoms with E-state index in [9.17, 15) is 9.59 Å². The Hall–Kier alpha value is -2.28. The molecule has 0 bridgehead atoms. The van der Waals surface area contributed by atoms with Crippen LogP contribution in [0.3, 0.4) is 0 Å². The van der Waals surface area contributed by atoms with Gasteiger partial charge in [0.05, 0.1) is 18.9 Å². The highest BCUT2D eigenvalue weighted by Gasteiger charge is 2.32. The van der Waals surface area contributed by atoms with Crippen LogP contribution in [-0.4, -0.2) is 19.0 Å². The Balaban J connectivity index is 1.97. The topological polar surface area (TPSA) is 52.6 Å². The Labute approximate surface area is 156 Å². The van der Waals surface area contributed by atoms with Gasteiger partial charge >= 0.3 is 11.9 Å². The maximum atomic E-state index is 12.6. The molecule has 1 aliphatic carbocycles. The lowest BCUT2D eigenvalue weighted by molar-refractivity contribution is -0.156. The summed E-state index contributed by atoms with van der Waals surface area (Å²) in [6, 6.07) is 9.64. The second-order valence-electron chi connectivity index (χ2n) is 6.72. The van der Waals surface area contributed by atoms with Crippen LogP contribution in [0, 0.1) is 23.7 Å². The molecular formula is C22H28O4. The fourth-order valence-corrected chi connectivity index (χ4v) is 3.18. The average Bonchev–Trinajstić information content (AvgIpc) is 2.70. The molecule has 0 amide bonds. The number of benzene rings is 1. The number of methoxy groups -OCH3 is 1. The quantitative estimate of drug-likeness (QED) is 0.429. The number of carbonyl (C=O) groups excluding carboxylic acids is 2. The van der Waals surface area contributed by atoms with Crippen molar-refractivity contribution in [1.82, 2.24) is 0 Å². The molecule has 4 nitrogen and oxygen atoms in total. The van der Waals surface area contributed by atoms with E-state index in [1.165, 1.54) is 7.11 Å². The lowest BCUT2D eigenvalue weighted by atomic mass is 9.82. The van der Waals surface area contributed by atoms with E-state index in [-0.39, 0.29) is 23.8 Å². The van der Waals surface area contributed by atoms with Crippen molar-refractivity contribution in [3.63, 3.8) is 0 Å². The van der Waals surface area contributed by atoms with E-state index in [4.69, 9.17) is 9.47 Å². The van der Waals surface area contributed by atoms with Crippen molar-refractivity contribution in [3.8, 4) is 11.8 Å². The fourth-order valence-electron chi connectivity index (χ4n) is 3.18. The highest BCUT2D eigenvalue weighted by atomic mass is 16.5. The second kappa shape index (κ2) is 10.7. The van der Waals surface area contributed by atoms with Gasteiger partial charge < -0.3 is 9.47 Å². The molecule has 0 N–H and O–H groups in total. The molecular weight excluding hydrogens is 328 g/mol. The number of unbranched alkanes of at least 4 members (excludes halogenated alkanes) is 2. The zero-order chi connectivity index (χ0) is 18.8. The molecule has 1 aliphatic rings. The summed E-state index contributed by atoms with van der Waals surface area (Å²) in [6.07, 6.45) is 5.07. The summed E-state index contributed by atoms with van der Waals surface area (Å²) in [7, 11) is 1.41. The summed E-state index contributed by atoms with van der Waals surface area (Å²) >= 11 is 0. The first-order chi connectivity index (χ1) is 12.7. The molecule has 1 aromatic carbocycles. The molecule has 1 fully saturated rings. The van der Waals surface area contributed by atoms with Gasteiger partial charge in [0, 0.05) is 12.0 Å². The van der Waals surface area contributed by atoms with Crippen molar-refractivity contribution >= 4 is 11.9 Å². The average molecular weight is 356 g/mol. The molecule has 0 aromatic heterocycles. The summed E-state index contributed by atoms with van der Waals surface area (Å²) < 4.78 is 10.5. The van der Waals surface area contributed by atoms with Crippen LogP contribution < -0.4 is 0 Å². The molecule has 1 aromatic rings. The lowest BCUT2D eigenvalue weighted by Crippen LogP contribution is -2.28. The van der Waals surface area contributed by atoms with Crippen LogP contribution in [0.4, 0.5) is 0 Å². The highest BCUT2D eigenvalue weighted by Crippen LogP contribution is 2.31. The fraction of sp³-hybridized carbons (Fsp3) is 0.545. The van der Waals surface area contributed by atoms with Gasteiger partial charge in [-0.3, -0.25) is 9.59 Å². The smallest absolute Gasteiger partial charge is 0.310 e. The maximum Gasteiger partial charge on any atom is 0.310 e. The first kappa shape index (κ1) is 20.0. The zero-order valence-corrected chi connectivity index (χ0v) is 15.7. The molecule has 4 heteroatoms. The van der Waals surface area contributed by atoms with Crippen LogP contribution in [0.15, 0.2) is 30.3 Å². The van der Waals surface area contributed by atoms with Crippen molar-refractivity contribution < 1.29 is 19.1 Å². The van der Waals surface area contributed by atoms with Gasteiger partial charge in [-0.1, -0.05) is 55.5 Å². The minimum Gasteiger partial charge on any atom is -0.469 e. The second-order valence-corrected chi connectivity index (χ2v) is 6.72. The number of carbonyl (C=O) groups is 2. The predicted octanol–water partition coefficient (Wildman–Crippen LogP) is 4.44. The van der Waals surface area contributed by atoms with E-state index in [0.717, 1.165) is 24.8 Å². The number of rotatable bonds is 6. The molecule has 1 atom stereocenters. The summed E-state index contributed by atoms with van der Waals surface area (Å²) in [5.74, 6) is 5.59. The lowest BCUT2D eigenvalue weighted by Gasteiger charge is -2.26. The summed E-state index contributed by atoms with van der Waals surface area (Å²) in [6.45, 7) is 2.13. The van der Waals surface area contributed by atoms with Crippen molar-refractivity contribution in [2.24, 2.45) is 11.8 Å². The Kier molecular flexibility index (Phi) is 8.21. The third-order valence-electron chi connectivity index (χ3n) is 4.82. The molecule has 0 radical (unpaired) electrons. The predicted molar refractivity (Wildman–Crippen MR) is 100 cm³/mol. The highest BCUT2D eigenvalue weighted by molar-refractivity contribution is 5.75. The number of ether oxygens (including phenoxy) is 2. The van der Waals surface area contributed by atoms with Crippen molar-refractivity contribution in [1.29, 1.82) is 0 Å². The van der Waals surface area contributed by atoms with Crippen LogP contribution >= 0.6 is 0 Å². The van der Waals surface area contributed by atoms with Gasteiger partial charge in [0.25, 0.3) is 0 Å². The van der Waals surface area contributed by atoms with Gasteiger partial charge in [-0.2, -0.15) is 0 Å². The van der Waals surface area contributed by atoms with Crippen molar-refractivity contribution in [3.05, 3.63) is 35.9 Å². The van der Waals surface area contributed by atoms with Crippen molar-refractivity contribution in [2.45, 2.75) is 58.0 Å². The number of esters is 2. The first-order valence-corrected chi connectivity index (χ1v) is 9.47. The monoisotopic (exact) mass is 356 g/mol. The molecule has 1 unspecified atom stereocenters. The molecule has 0 saturated heterocycles. The molecule has 140 valence electrons. The van der Waals surface area contributed by atoms with Crippen LogP contribution in [0.2, 0.25) is 0 Å². The van der Waals surface area contributed by atoms with E-state index >= 15 is 0 Å². The van der Waals surface area contributed by atoms with E-state index < -0.39 is 6.10 Å². The third-order valence-corrected chi connectivity index (χ3v) is 4.82. The van der Waals surface area contributed by atoms with Crippen molar-refractivity contribution in [2.75, 3.05) is 7.11 Å². The minimum atomic E-state index is -0.529. The number of hydrogen-bond acceptors (Lipinski definition) is 4.